The van der Waals surface area contributed by atoms with E-state index in [4.69, 9.17) is 37.9 Å². The SMILES string of the molecule is COC[C@H]1O[C@@](C)(O)[C@H](OCc2ccccc2)[C@@H](OCc2ccccc2)[C@@H]1O[C@@H]1O[C@@H](C(=O)O)[C@@H](O)[C@H](OC)[C@H]1OC. The highest BCUT2D eigenvalue weighted by atomic mass is 16.7. The van der Waals surface area contributed by atoms with Crippen LogP contribution in [-0.4, -0.2) is 110 Å². The molecule has 3 N–H and O–H groups in total. The molecule has 2 heterocycles. The Morgan fingerprint density at radius 2 is 1.43 bits per heavy atom. The Kier molecular flexibility index (Phi) is 11.4. The lowest BCUT2D eigenvalue weighted by molar-refractivity contribution is -0.388. The van der Waals surface area contributed by atoms with Crippen molar-refractivity contribution in [1.82, 2.24) is 0 Å². The largest absolute Gasteiger partial charge is 0.479 e. The zero-order chi connectivity index (χ0) is 30.3. The summed E-state index contributed by atoms with van der Waals surface area (Å²) in [7, 11) is 4.17. The van der Waals surface area contributed by atoms with Crippen LogP contribution in [-0.2, 0) is 55.9 Å². The quantitative estimate of drug-likeness (QED) is 0.309. The molecule has 12 nitrogen and oxygen atoms in total. The Balaban J connectivity index is 1.69. The van der Waals surface area contributed by atoms with Crippen LogP contribution >= 0.6 is 0 Å². The van der Waals surface area contributed by atoms with E-state index in [0.717, 1.165) is 11.1 Å². The summed E-state index contributed by atoms with van der Waals surface area (Å²) in [5.41, 5.74) is 1.73. The minimum absolute atomic E-state index is 0.0134. The molecule has 2 aliphatic rings. The van der Waals surface area contributed by atoms with Gasteiger partial charge < -0.3 is 53.2 Å². The third kappa shape index (κ3) is 7.53. The number of ether oxygens (including phenoxy) is 8. The molecule has 42 heavy (non-hydrogen) atoms. The number of hydrogen-bond donors (Lipinski definition) is 3. The van der Waals surface area contributed by atoms with Crippen molar-refractivity contribution in [3.63, 3.8) is 0 Å². The predicted molar refractivity (Wildman–Crippen MR) is 146 cm³/mol. The van der Waals surface area contributed by atoms with E-state index in [9.17, 15) is 20.1 Å². The number of aliphatic carboxylic acids is 1. The fraction of sp³-hybridized carbons (Fsp3) is 0.567. The molecule has 0 bridgehead atoms. The predicted octanol–water partition coefficient (Wildman–Crippen LogP) is 1.50. The molecule has 2 fully saturated rings. The average Bonchev–Trinajstić information content (AvgIpc) is 2.98. The summed E-state index contributed by atoms with van der Waals surface area (Å²) in [6.07, 6.45) is -10.6. The van der Waals surface area contributed by atoms with Crippen molar-refractivity contribution in [2.75, 3.05) is 27.9 Å². The second-order valence-corrected chi connectivity index (χ2v) is 10.4. The lowest BCUT2D eigenvalue weighted by atomic mass is 9.92. The Morgan fingerprint density at radius 1 is 0.857 bits per heavy atom. The summed E-state index contributed by atoms with van der Waals surface area (Å²) < 4.78 is 47.2. The van der Waals surface area contributed by atoms with Crippen LogP contribution in [0.3, 0.4) is 0 Å². The Bertz CT molecular complexity index is 1100. The lowest BCUT2D eigenvalue weighted by Gasteiger charge is -2.51. The van der Waals surface area contributed by atoms with Crippen molar-refractivity contribution >= 4 is 5.97 Å². The maximum absolute atomic E-state index is 11.9. The Morgan fingerprint density at radius 3 is 1.95 bits per heavy atom. The molecular weight excluding hydrogens is 552 g/mol. The molecule has 10 atom stereocenters. The van der Waals surface area contributed by atoms with Gasteiger partial charge in [-0.05, 0) is 18.1 Å². The first-order valence-corrected chi connectivity index (χ1v) is 13.7. The monoisotopic (exact) mass is 592 g/mol. The lowest BCUT2D eigenvalue weighted by Crippen LogP contribution is -2.68. The van der Waals surface area contributed by atoms with Gasteiger partial charge in [-0.25, -0.2) is 4.79 Å². The zero-order valence-electron chi connectivity index (χ0n) is 24.1. The third-order valence-electron chi connectivity index (χ3n) is 7.39. The van der Waals surface area contributed by atoms with E-state index in [1.54, 1.807) is 0 Å². The van der Waals surface area contributed by atoms with Crippen molar-refractivity contribution in [1.29, 1.82) is 0 Å². The average molecular weight is 593 g/mol. The summed E-state index contributed by atoms with van der Waals surface area (Å²) in [4.78, 5) is 11.9. The topological polar surface area (TPSA) is 152 Å². The van der Waals surface area contributed by atoms with E-state index in [1.165, 1.54) is 28.3 Å². The van der Waals surface area contributed by atoms with Gasteiger partial charge >= 0.3 is 5.97 Å². The normalized spacial score (nSPS) is 35.1. The number of methoxy groups -OCH3 is 3. The van der Waals surface area contributed by atoms with Gasteiger partial charge in [0.15, 0.2) is 18.2 Å². The van der Waals surface area contributed by atoms with E-state index in [0.29, 0.717) is 0 Å². The van der Waals surface area contributed by atoms with E-state index in [2.05, 4.69) is 0 Å². The molecule has 2 saturated heterocycles. The summed E-state index contributed by atoms with van der Waals surface area (Å²) >= 11 is 0. The minimum atomic E-state index is -1.83. The molecule has 0 spiro atoms. The van der Waals surface area contributed by atoms with Crippen LogP contribution in [0, 0.1) is 0 Å². The molecule has 0 amide bonds. The highest BCUT2D eigenvalue weighted by molar-refractivity contribution is 5.73. The minimum Gasteiger partial charge on any atom is -0.479 e. The molecule has 12 heteroatoms. The fourth-order valence-corrected chi connectivity index (χ4v) is 5.36. The van der Waals surface area contributed by atoms with Crippen LogP contribution in [0.25, 0.3) is 0 Å². The van der Waals surface area contributed by atoms with E-state index >= 15 is 0 Å². The molecule has 4 rings (SSSR count). The smallest absolute Gasteiger partial charge is 0.335 e. The van der Waals surface area contributed by atoms with Gasteiger partial charge in [0.1, 0.15) is 42.7 Å². The van der Waals surface area contributed by atoms with Gasteiger partial charge in [-0.1, -0.05) is 60.7 Å². The van der Waals surface area contributed by atoms with Crippen molar-refractivity contribution in [2.24, 2.45) is 0 Å². The Hall–Kier alpha value is -2.49. The highest BCUT2D eigenvalue weighted by Gasteiger charge is 2.57. The van der Waals surface area contributed by atoms with Crippen LogP contribution < -0.4 is 0 Å². The second kappa shape index (κ2) is 14.8. The number of rotatable bonds is 13. The van der Waals surface area contributed by atoms with Crippen LogP contribution in [0.15, 0.2) is 60.7 Å². The first-order valence-electron chi connectivity index (χ1n) is 13.7. The van der Waals surface area contributed by atoms with Crippen LogP contribution in [0.2, 0.25) is 0 Å². The van der Waals surface area contributed by atoms with E-state index in [1.807, 2.05) is 60.7 Å². The van der Waals surface area contributed by atoms with Crippen LogP contribution in [0.1, 0.15) is 18.1 Å². The van der Waals surface area contributed by atoms with Crippen molar-refractivity contribution in [3.05, 3.63) is 71.8 Å². The fourth-order valence-electron chi connectivity index (χ4n) is 5.36. The Labute approximate surface area is 244 Å². The summed E-state index contributed by atoms with van der Waals surface area (Å²) in [6, 6.07) is 18.9. The number of hydrogen-bond acceptors (Lipinski definition) is 11. The number of benzene rings is 2. The molecule has 0 radical (unpaired) electrons. The third-order valence-corrected chi connectivity index (χ3v) is 7.39. The van der Waals surface area contributed by atoms with Gasteiger partial charge in [0.2, 0.25) is 0 Å². The van der Waals surface area contributed by atoms with Crippen molar-refractivity contribution in [2.45, 2.75) is 81.0 Å². The number of carboxylic acid groups (broad SMARTS) is 1. The number of aliphatic hydroxyl groups excluding tert-OH is 1. The molecule has 2 aromatic rings. The molecule has 0 aromatic heterocycles. The summed E-state index contributed by atoms with van der Waals surface area (Å²) in [5.74, 6) is -3.23. The highest BCUT2D eigenvalue weighted by Crippen LogP contribution is 2.37. The van der Waals surface area contributed by atoms with E-state index < -0.39 is 66.9 Å². The molecule has 2 aromatic carbocycles. The van der Waals surface area contributed by atoms with E-state index in [-0.39, 0.29) is 19.8 Å². The van der Waals surface area contributed by atoms with Crippen molar-refractivity contribution in [3.8, 4) is 0 Å². The van der Waals surface area contributed by atoms with Gasteiger partial charge in [-0.2, -0.15) is 0 Å². The first kappa shape index (κ1) is 32.4. The van der Waals surface area contributed by atoms with Gasteiger partial charge in [-0.15, -0.1) is 0 Å². The maximum Gasteiger partial charge on any atom is 0.335 e. The van der Waals surface area contributed by atoms with Gasteiger partial charge in [0.05, 0.1) is 19.8 Å². The molecule has 0 saturated carbocycles. The van der Waals surface area contributed by atoms with Gasteiger partial charge in [0, 0.05) is 21.3 Å². The molecule has 2 aliphatic heterocycles. The molecular formula is C30H40O12. The van der Waals surface area contributed by atoms with Crippen molar-refractivity contribution < 1.29 is 58.0 Å². The number of carboxylic acids is 1. The molecule has 0 unspecified atom stereocenters. The summed E-state index contributed by atoms with van der Waals surface area (Å²) in [5, 5.41) is 31.9. The van der Waals surface area contributed by atoms with Crippen LogP contribution in [0.4, 0.5) is 0 Å². The van der Waals surface area contributed by atoms with Crippen LogP contribution in [0.5, 0.6) is 0 Å². The second-order valence-electron chi connectivity index (χ2n) is 10.4. The van der Waals surface area contributed by atoms with Gasteiger partial charge in [-0.3, -0.25) is 0 Å². The standard InChI is InChI=1S/C30H40O12/c1-30(34)27(39-16-19-13-9-6-10-14-19)25(38-15-18-11-7-5-8-12-18)22(20(42-30)17-35-2)40-29-26(37-4)23(36-3)21(31)24(41-29)28(32)33/h5-14,20-27,29,31,34H,15-17H2,1-4H3,(H,32,33)/t20-,21+,22-,23+,24-,25+,26-,27-,29-,30-/m1/s1. The molecule has 232 valence electrons. The number of carbonyl (C=O) groups is 1. The number of aliphatic hydroxyl groups is 2. The first-order chi connectivity index (χ1) is 20.2. The molecule has 0 aliphatic carbocycles. The zero-order valence-corrected chi connectivity index (χ0v) is 24.1. The summed E-state index contributed by atoms with van der Waals surface area (Å²) in [6.45, 7) is 1.74. The maximum atomic E-state index is 11.9. The van der Waals surface area contributed by atoms with Gasteiger partial charge in [0.25, 0.3) is 0 Å².